The Morgan fingerprint density at radius 3 is 2.66 bits per heavy atom. The first-order valence-electron chi connectivity index (χ1n) is 10.6. The van der Waals surface area contributed by atoms with E-state index in [-0.39, 0.29) is 51.9 Å². The molecular formula is C23H25F4N7O. The third-order valence-electron chi connectivity index (χ3n) is 5.29. The predicted octanol–water partition coefficient (Wildman–Crippen LogP) is 3.87. The van der Waals surface area contributed by atoms with Gasteiger partial charge in [-0.1, -0.05) is 0 Å². The highest BCUT2D eigenvalue weighted by atomic mass is 19.4. The molecule has 2 aromatic rings. The Kier molecular flexibility index (Phi) is 7.42. The molecule has 0 fully saturated rings. The van der Waals surface area contributed by atoms with Gasteiger partial charge >= 0.3 is 6.18 Å². The van der Waals surface area contributed by atoms with Crippen LogP contribution in [0.15, 0.2) is 51.8 Å². The molecule has 6 N–H and O–H groups in total. The van der Waals surface area contributed by atoms with Crippen molar-refractivity contribution in [3.05, 3.63) is 64.2 Å². The summed E-state index contributed by atoms with van der Waals surface area (Å²) in [5, 5.41) is 12.8. The minimum absolute atomic E-state index is 0.0201. The highest BCUT2D eigenvalue weighted by Crippen LogP contribution is 2.33. The highest BCUT2D eigenvalue weighted by molar-refractivity contribution is 6.48. The smallest absolute Gasteiger partial charge is 0.431 e. The van der Waals surface area contributed by atoms with Gasteiger partial charge in [0.15, 0.2) is 11.6 Å². The van der Waals surface area contributed by atoms with E-state index in [1.54, 1.807) is 13.8 Å². The summed E-state index contributed by atoms with van der Waals surface area (Å²) in [6.45, 7) is 3.43. The second-order valence-electron chi connectivity index (χ2n) is 7.65. The Bertz CT molecular complexity index is 1230. The number of nitrogen functional groups attached to an aromatic ring is 1. The van der Waals surface area contributed by atoms with Gasteiger partial charge in [-0.3, -0.25) is 10.4 Å². The number of nitrogens with zero attached hydrogens (tertiary/aromatic N) is 3. The number of alkyl halides is 3. The lowest BCUT2D eigenvalue weighted by Crippen LogP contribution is -2.29. The van der Waals surface area contributed by atoms with Gasteiger partial charge in [-0.15, -0.1) is 0 Å². The number of benzene rings is 1. The van der Waals surface area contributed by atoms with Crippen molar-refractivity contribution in [2.75, 3.05) is 19.3 Å². The molecule has 1 atom stereocenters. The minimum Gasteiger partial charge on any atom is -0.482 e. The van der Waals surface area contributed by atoms with Crippen LogP contribution in [0.5, 0.6) is 5.75 Å². The van der Waals surface area contributed by atoms with Crippen molar-refractivity contribution in [3.8, 4) is 5.75 Å². The summed E-state index contributed by atoms with van der Waals surface area (Å²) in [7, 11) is 1.45. The molecule has 1 aromatic heterocycles. The topological polar surface area (TPSA) is 135 Å². The van der Waals surface area contributed by atoms with Crippen LogP contribution in [-0.2, 0) is 0 Å². The van der Waals surface area contributed by atoms with E-state index in [0.29, 0.717) is 0 Å². The number of pyridine rings is 1. The van der Waals surface area contributed by atoms with E-state index in [0.717, 1.165) is 6.07 Å². The maximum absolute atomic E-state index is 14.2. The molecule has 3 rings (SSSR count). The molecule has 2 heterocycles. The summed E-state index contributed by atoms with van der Waals surface area (Å²) >= 11 is 0. The minimum atomic E-state index is -4.88. The van der Waals surface area contributed by atoms with Gasteiger partial charge in [0, 0.05) is 48.5 Å². The molecular weight excluding hydrogens is 466 g/mol. The van der Waals surface area contributed by atoms with Gasteiger partial charge < -0.3 is 21.6 Å². The van der Waals surface area contributed by atoms with Crippen LogP contribution in [0.25, 0.3) is 0 Å². The van der Waals surface area contributed by atoms with Crippen molar-refractivity contribution in [1.29, 1.82) is 5.41 Å². The van der Waals surface area contributed by atoms with Crippen LogP contribution >= 0.6 is 0 Å². The lowest BCUT2D eigenvalue weighted by atomic mass is 9.90. The number of nitrogens with one attached hydrogen (secondary N) is 2. The van der Waals surface area contributed by atoms with Gasteiger partial charge in [-0.05, 0) is 38.1 Å². The fraction of sp³-hybridized carbons (Fsp3) is 0.304. The molecule has 1 aliphatic heterocycles. The van der Waals surface area contributed by atoms with E-state index >= 15 is 0 Å². The summed E-state index contributed by atoms with van der Waals surface area (Å²) in [5.74, 6) is -0.534. The summed E-state index contributed by atoms with van der Waals surface area (Å²) in [6.07, 6.45) is -4.90. The molecule has 0 radical (unpaired) electrons. The molecule has 2 bridgehead atoms. The van der Waals surface area contributed by atoms with Crippen molar-refractivity contribution in [2.45, 2.75) is 32.5 Å². The normalized spacial score (nSPS) is 20.5. The third kappa shape index (κ3) is 5.42. The molecule has 0 saturated carbocycles. The quantitative estimate of drug-likeness (QED) is 0.374. The van der Waals surface area contributed by atoms with E-state index in [1.165, 1.54) is 31.4 Å². The monoisotopic (exact) mass is 491 g/mol. The summed E-state index contributed by atoms with van der Waals surface area (Å²) in [5.41, 5.74) is 12.6. The fourth-order valence-electron chi connectivity index (χ4n) is 3.67. The van der Waals surface area contributed by atoms with Gasteiger partial charge in [0.25, 0.3) is 0 Å². The van der Waals surface area contributed by atoms with Crippen molar-refractivity contribution in [2.24, 2.45) is 15.8 Å². The number of halogens is 4. The van der Waals surface area contributed by atoms with Crippen LogP contribution in [0.2, 0.25) is 0 Å². The molecule has 186 valence electrons. The largest absolute Gasteiger partial charge is 0.482 e. The lowest BCUT2D eigenvalue weighted by Gasteiger charge is -2.23. The van der Waals surface area contributed by atoms with E-state index in [1.807, 2.05) is 0 Å². The second kappa shape index (κ2) is 10.1. The maximum Gasteiger partial charge on any atom is 0.431 e. The SMILES string of the molecule is CCN=C1C(=C(N)C(F)(F)F)C/C(=N/NC)C(=N)c2ccc(F)cc2[C@@H](C)Oc2cc1cnc2N. The molecule has 1 aliphatic rings. The number of hydrazone groups is 1. The summed E-state index contributed by atoms with van der Waals surface area (Å²) in [4.78, 5) is 8.34. The zero-order chi connectivity index (χ0) is 25.9. The molecule has 0 saturated heterocycles. The average Bonchev–Trinajstić information content (AvgIpc) is 2.80. The van der Waals surface area contributed by atoms with Crippen molar-refractivity contribution >= 4 is 23.0 Å². The Morgan fingerprint density at radius 2 is 2.03 bits per heavy atom. The summed E-state index contributed by atoms with van der Waals surface area (Å²) < 4.78 is 61.6. The third-order valence-corrected chi connectivity index (χ3v) is 5.29. The van der Waals surface area contributed by atoms with Gasteiger partial charge in [0.05, 0.1) is 17.1 Å². The Morgan fingerprint density at radius 1 is 1.31 bits per heavy atom. The van der Waals surface area contributed by atoms with E-state index in [4.69, 9.17) is 21.6 Å². The molecule has 0 aliphatic carbocycles. The van der Waals surface area contributed by atoms with E-state index in [2.05, 4.69) is 20.5 Å². The number of hydrogen-bond donors (Lipinski definition) is 4. The molecule has 0 unspecified atom stereocenters. The van der Waals surface area contributed by atoms with Gasteiger partial charge in [-0.25, -0.2) is 9.37 Å². The van der Waals surface area contributed by atoms with Gasteiger partial charge in [0.1, 0.15) is 17.6 Å². The predicted molar refractivity (Wildman–Crippen MR) is 126 cm³/mol. The first kappa shape index (κ1) is 25.7. The van der Waals surface area contributed by atoms with Crippen molar-refractivity contribution in [3.63, 3.8) is 0 Å². The standard InChI is InChI=1S/C23H25F4N7O/c1-4-32-20-12-7-18(22(30)33-10-12)35-11(2)15-8-13(24)5-6-14(15)19(28)17(34-31-3)9-16(20)21(29)23(25,26)27/h5-8,10-11,28,31H,4,9,29H2,1-3H3,(H2,30,33)/b21-16?,28-19?,32-20?,34-17-/t11-/m1/s1. The van der Waals surface area contributed by atoms with Crippen LogP contribution in [0.3, 0.4) is 0 Å². The summed E-state index contributed by atoms with van der Waals surface area (Å²) in [6, 6.07) is 5.09. The number of aliphatic imine (C=N–C) groups is 1. The van der Waals surface area contributed by atoms with Crippen LogP contribution < -0.4 is 21.6 Å². The second-order valence-corrected chi connectivity index (χ2v) is 7.65. The molecule has 1 aromatic carbocycles. The van der Waals surface area contributed by atoms with Crippen molar-refractivity contribution in [1.82, 2.24) is 10.4 Å². The molecule has 0 amide bonds. The molecule has 35 heavy (non-hydrogen) atoms. The number of fused-ring (bicyclic) bond motifs is 3. The Labute approximate surface area is 199 Å². The van der Waals surface area contributed by atoms with E-state index < -0.39 is 35.8 Å². The number of ether oxygens (including phenoxy) is 1. The molecule has 12 heteroatoms. The zero-order valence-electron chi connectivity index (χ0n) is 19.3. The van der Waals surface area contributed by atoms with Crippen LogP contribution in [0, 0.1) is 11.2 Å². The zero-order valence-corrected chi connectivity index (χ0v) is 19.3. The molecule has 0 spiro atoms. The number of nitrogens with two attached hydrogens (primary N) is 2. The average molecular weight is 491 g/mol. The van der Waals surface area contributed by atoms with Crippen LogP contribution in [0.1, 0.15) is 43.1 Å². The first-order chi connectivity index (χ1) is 16.5. The number of anilines is 1. The molecule has 8 nitrogen and oxygen atoms in total. The number of allylic oxidation sites excluding steroid dienone is 2. The number of hydrogen-bond acceptors (Lipinski definition) is 8. The number of aromatic nitrogens is 1. The highest BCUT2D eigenvalue weighted by Gasteiger charge is 2.37. The fourth-order valence-corrected chi connectivity index (χ4v) is 3.67. The lowest BCUT2D eigenvalue weighted by molar-refractivity contribution is -0.0932. The van der Waals surface area contributed by atoms with Gasteiger partial charge in [0.2, 0.25) is 0 Å². The first-order valence-corrected chi connectivity index (χ1v) is 10.6. The van der Waals surface area contributed by atoms with Crippen LogP contribution in [0.4, 0.5) is 23.4 Å². The number of rotatable bonds is 2. The Balaban J connectivity index is 2.41. The van der Waals surface area contributed by atoms with E-state index in [9.17, 15) is 17.6 Å². The van der Waals surface area contributed by atoms with Gasteiger partial charge in [-0.2, -0.15) is 18.3 Å². The van der Waals surface area contributed by atoms with Crippen LogP contribution in [-0.4, -0.2) is 41.9 Å². The Hall–Kier alpha value is -3.96. The van der Waals surface area contributed by atoms with Crippen molar-refractivity contribution < 1.29 is 22.3 Å². The maximum atomic E-state index is 14.2.